The van der Waals surface area contributed by atoms with Crippen LogP contribution in [0, 0.1) is 0 Å². The molecule has 4 heteroatoms. The summed E-state index contributed by atoms with van der Waals surface area (Å²) in [6, 6.07) is 0. The highest BCUT2D eigenvalue weighted by atomic mass is 16.7. The van der Waals surface area contributed by atoms with Crippen molar-refractivity contribution in [3.8, 4) is 0 Å². The fourth-order valence-corrected chi connectivity index (χ4v) is 1.53. The maximum atomic E-state index is 11.0. The molecule has 0 N–H and O–H groups in total. The van der Waals surface area contributed by atoms with Crippen LogP contribution in [0.4, 0.5) is 0 Å². The summed E-state index contributed by atoms with van der Waals surface area (Å²) < 4.78 is 9.84. The van der Waals surface area contributed by atoms with Gasteiger partial charge in [0.25, 0.3) is 0 Å². The number of hydrogen-bond acceptors (Lipinski definition) is 4. The van der Waals surface area contributed by atoms with Gasteiger partial charge in [0, 0.05) is 18.6 Å². The molecule has 0 saturated heterocycles. The molecular weight excluding hydrogens is 208 g/mol. The second-order valence-electron chi connectivity index (χ2n) is 3.84. The van der Waals surface area contributed by atoms with E-state index in [9.17, 15) is 9.59 Å². The Morgan fingerprint density at radius 2 is 1.56 bits per heavy atom. The normalized spacial score (nSPS) is 16.8. The predicted octanol–water partition coefficient (Wildman–Crippen LogP) is 2.33. The van der Waals surface area contributed by atoms with E-state index in [1.807, 2.05) is 0 Å². The first-order valence-corrected chi connectivity index (χ1v) is 5.81. The van der Waals surface area contributed by atoms with E-state index >= 15 is 0 Å². The third kappa shape index (κ3) is 4.96. The maximum Gasteiger partial charge on any atom is 0.334 e. The lowest BCUT2D eigenvalue weighted by Crippen LogP contribution is -2.20. The molecule has 0 bridgehead atoms. The molecule has 0 atom stereocenters. The van der Waals surface area contributed by atoms with Gasteiger partial charge in [0.2, 0.25) is 6.29 Å². The molecule has 1 heterocycles. The standard InChI is InChI=1S/C12H18O4/c1-2-3-4-5-6-7-12-15-10(13)8-9-11(14)16-12/h8-9,12H,2-7H2,1H3. The van der Waals surface area contributed by atoms with E-state index in [1.165, 1.54) is 19.3 Å². The number of rotatable bonds is 6. The van der Waals surface area contributed by atoms with Crippen molar-refractivity contribution in [2.24, 2.45) is 0 Å². The molecule has 0 aromatic heterocycles. The van der Waals surface area contributed by atoms with E-state index in [0.717, 1.165) is 25.0 Å². The molecule has 0 radical (unpaired) electrons. The molecule has 0 amide bonds. The number of esters is 2. The first-order valence-electron chi connectivity index (χ1n) is 5.81. The van der Waals surface area contributed by atoms with Gasteiger partial charge in [-0.05, 0) is 6.42 Å². The zero-order valence-electron chi connectivity index (χ0n) is 9.61. The Morgan fingerprint density at radius 3 is 2.12 bits per heavy atom. The molecule has 1 rings (SSSR count). The van der Waals surface area contributed by atoms with Crippen LogP contribution in [0.25, 0.3) is 0 Å². The maximum absolute atomic E-state index is 11.0. The van der Waals surface area contributed by atoms with E-state index in [4.69, 9.17) is 9.47 Å². The molecule has 1 aliphatic heterocycles. The Balaban J connectivity index is 2.21. The van der Waals surface area contributed by atoms with E-state index in [0.29, 0.717) is 6.42 Å². The van der Waals surface area contributed by atoms with E-state index in [1.54, 1.807) is 0 Å². The van der Waals surface area contributed by atoms with Crippen molar-refractivity contribution in [1.82, 2.24) is 0 Å². The smallest absolute Gasteiger partial charge is 0.334 e. The SMILES string of the molecule is CCCCCCCC1OC(=O)C=CC(=O)O1. The Hall–Kier alpha value is -1.32. The van der Waals surface area contributed by atoms with Crippen LogP contribution < -0.4 is 0 Å². The number of carbonyl (C=O) groups excluding carboxylic acids is 2. The molecular formula is C12H18O4. The second kappa shape index (κ2) is 7.04. The molecule has 90 valence electrons. The van der Waals surface area contributed by atoms with Crippen molar-refractivity contribution in [2.75, 3.05) is 0 Å². The largest absolute Gasteiger partial charge is 0.422 e. The van der Waals surface area contributed by atoms with Crippen LogP contribution in [0.2, 0.25) is 0 Å². The van der Waals surface area contributed by atoms with Crippen LogP contribution >= 0.6 is 0 Å². The molecule has 0 aromatic carbocycles. The minimum atomic E-state index is -0.711. The summed E-state index contributed by atoms with van der Waals surface area (Å²) in [7, 11) is 0. The Kier molecular flexibility index (Phi) is 5.61. The van der Waals surface area contributed by atoms with Gasteiger partial charge in [0.15, 0.2) is 0 Å². The second-order valence-corrected chi connectivity index (χ2v) is 3.84. The van der Waals surface area contributed by atoms with Crippen molar-refractivity contribution < 1.29 is 19.1 Å². The van der Waals surface area contributed by atoms with E-state index in [-0.39, 0.29) is 0 Å². The summed E-state index contributed by atoms with van der Waals surface area (Å²) in [4.78, 5) is 22.1. The van der Waals surface area contributed by atoms with E-state index in [2.05, 4.69) is 6.92 Å². The first-order chi connectivity index (χ1) is 7.72. The number of hydrogen-bond donors (Lipinski definition) is 0. The lowest BCUT2D eigenvalue weighted by atomic mass is 10.1. The molecule has 0 unspecified atom stereocenters. The minimum Gasteiger partial charge on any atom is -0.422 e. The summed E-state index contributed by atoms with van der Waals surface area (Å²) in [5.74, 6) is -1.02. The summed E-state index contributed by atoms with van der Waals surface area (Å²) in [5.41, 5.74) is 0. The molecule has 16 heavy (non-hydrogen) atoms. The fraction of sp³-hybridized carbons (Fsp3) is 0.667. The number of carbonyl (C=O) groups is 2. The van der Waals surface area contributed by atoms with Crippen LogP contribution in [0.15, 0.2) is 12.2 Å². The van der Waals surface area contributed by atoms with Crippen LogP contribution in [0.5, 0.6) is 0 Å². The van der Waals surface area contributed by atoms with Gasteiger partial charge in [-0.3, -0.25) is 0 Å². The van der Waals surface area contributed by atoms with Gasteiger partial charge < -0.3 is 9.47 Å². The third-order valence-corrected chi connectivity index (χ3v) is 2.39. The Bertz CT molecular complexity index is 250. The Labute approximate surface area is 95.6 Å². The molecule has 1 aliphatic rings. The van der Waals surface area contributed by atoms with Gasteiger partial charge in [-0.1, -0.05) is 32.6 Å². The topological polar surface area (TPSA) is 52.6 Å². The van der Waals surface area contributed by atoms with Crippen LogP contribution in [-0.2, 0) is 19.1 Å². The van der Waals surface area contributed by atoms with Crippen molar-refractivity contribution in [1.29, 1.82) is 0 Å². The highest BCUT2D eigenvalue weighted by Crippen LogP contribution is 2.13. The van der Waals surface area contributed by atoms with Crippen molar-refractivity contribution in [3.63, 3.8) is 0 Å². The molecule has 0 aliphatic carbocycles. The van der Waals surface area contributed by atoms with Gasteiger partial charge in [-0.25, -0.2) is 9.59 Å². The van der Waals surface area contributed by atoms with Gasteiger partial charge in [0.05, 0.1) is 0 Å². The van der Waals surface area contributed by atoms with Crippen molar-refractivity contribution in [3.05, 3.63) is 12.2 Å². The summed E-state index contributed by atoms with van der Waals surface area (Å²) in [5, 5.41) is 0. The van der Waals surface area contributed by atoms with Crippen molar-refractivity contribution in [2.45, 2.75) is 51.7 Å². The molecule has 0 spiro atoms. The summed E-state index contributed by atoms with van der Waals surface area (Å²) >= 11 is 0. The van der Waals surface area contributed by atoms with Crippen LogP contribution in [0.1, 0.15) is 45.4 Å². The lowest BCUT2D eigenvalue weighted by Gasteiger charge is -2.14. The molecule has 0 fully saturated rings. The monoisotopic (exact) mass is 226 g/mol. The highest BCUT2D eigenvalue weighted by molar-refractivity contribution is 5.92. The average Bonchev–Trinajstić information content (AvgIpc) is 2.40. The zero-order valence-corrected chi connectivity index (χ0v) is 9.61. The average molecular weight is 226 g/mol. The van der Waals surface area contributed by atoms with Gasteiger partial charge in [-0.2, -0.15) is 0 Å². The summed E-state index contributed by atoms with van der Waals surface area (Å²) in [6.45, 7) is 2.15. The van der Waals surface area contributed by atoms with Crippen LogP contribution in [-0.4, -0.2) is 18.2 Å². The Morgan fingerprint density at radius 1 is 1.00 bits per heavy atom. The predicted molar refractivity (Wildman–Crippen MR) is 58.5 cm³/mol. The molecule has 4 nitrogen and oxygen atoms in total. The lowest BCUT2D eigenvalue weighted by molar-refractivity contribution is -0.179. The number of ether oxygens (including phenoxy) is 2. The quantitative estimate of drug-likeness (QED) is 0.515. The van der Waals surface area contributed by atoms with Gasteiger partial charge >= 0.3 is 11.9 Å². The highest BCUT2D eigenvalue weighted by Gasteiger charge is 2.19. The van der Waals surface area contributed by atoms with E-state index < -0.39 is 18.2 Å². The first kappa shape index (κ1) is 12.7. The fourth-order valence-electron chi connectivity index (χ4n) is 1.53. The number of cyclic esters (lactones) is 2. The zero-order chi connectivity index (χ0) is 11.8. The van der Waals surface area contributed by atoms with Gasteiger partial charge in [-0.15, -0.1) is 0 Å². The minimum absolute atomic E-state index is 0.510. The molecule has 0 saturated carbocycles. The number of unbranched alkanes of at least 4 members (excludes halogenated alkanes) is 4. The summed E-state index contributed by atoms with van der Waals surface area (Å²) in [6.07, 6.45) is 7.63. The third-order valence-electron chi connectivity index (χ3n) is 2.39. The van der Waals surface area contributed by atoms with Crippen molar-refractivity contribution >= 4 is 11.9 Å². The van der Waals surface area contributed by atoms with Crippen LogP contribution in [0.3, 0.4) is 0 Å². The van der Waals surface area contributed by atoms with Gasteiger partial charge in [0.1, 0.15) is 0 Å². The molecule has 0 aromatic rings.